The number of nitrogens with zero attached hydrogens (tertiary/aromatic N) is 3. The first-order valence-electron chi connectivity index (χ1n) is 7.14. The molecule has 0 aromatic carbocycles. The van der Waals surface area contributed by atoms with Gasteiger partial charge in [-0.1, -0.05) is 0 Å². The van der Waals surface area contributed by atoms with Crippen LogP contribution in [0.1, 0.15) is 28.8 Å². The van der Waals surface area contributed by atoms with E-state index in [-0.39, 0.29) is 6.03 Å². The number of amides is 2. The summed E-state index contributed by atoms with van der Waals surface area (Å²) in [5.41, 5.74) is 1.58. The van der Waals surface area contributed by atoms with Gasteiger partial charge in [-0.05, 0) is 43.5 Å². The summed E-state index contributed by atoms with van der Waals surface area (Å²) < 4.78 is 0. The molecule has 0 unspecified atom stereocenters. The first-order chi connectivity index (χ1) is 10.7. The first-order valence-corrected chi connectivity index (χ1v) is 7.96. The minimum Gasteiger partial charge on any atom is -0.317 e. The average Bonchev–Trinajstić information content (AvgIpc) is 3.29. The lowest BCUT2D eigenvalue weighted by Crippen LogP contribution is -2.36. The molecule has 6 heteroatoms. The van der Waals surface area contributed by atoms with Gasteiger partial charge in [-0.2, -0.15) is 5.26 Å². The Morgan fingerprint density at radius 2 is 2.23 bits per heavy atom. The van der Waals surface area contributed by atoms with E-state index in [2.05, 4.69) is 16.4 Å². The van der Waals surface area contributed by atoms with Gasteiger partial charge in [-0.3, -0.25) is 10.3 Å². The Hall–Kier alpha value is -2.39. The third-order valence-corrected chi connectivity index (χ3v) is 4.51. The first kappa shape index (κ1) is 14.5. The molecule has 1 aliphatic carbocycles. The van der Waals surface area contributed by atoms with Gasteiger partial charge in [0.1, 0.15) is 11.1 Å². The molecule has 0 spiro atoms. The number of rotatable bonds is 4. The quantitative estimate of drug-likeness (QED) is 0.939. The van der Waals surface area contributed by atoms with Gasteiger partial charge in [0.25, 0.3) is 0 Å². The van der Waals surface area contributed by atoms with Gasteiger partial charge >= 0.3 is 6.03 Å². The van der Waals surface area contributed by atoms with Crippen molar-refractivity contribution in [2.45, 2.75) is 32.4 Å². The van der Waals surface area contributed by atoms with Crippen LogP contribution in [0.3, 0.4) is 0 Å². The number of hydrogen-bond acceptors (Lipinski definition) is 4. The SMILES string of the molecule is Cc1cc(C#N)c(NC(=O)N(Cc2ccncc2)C2CC2)s1. The minimum atomic E-state index is -0.141. The molecule has 22 heavy (non-hydrogen) atoms. The molecule has 1 saturated carbocycles. The lowest BCUT2D eigenvalue weighted by Gasteiger charge is -2.22. The molecular weight excluding hydrogens is 296 g/mol. The number of aromatic nitrogens is 1. The molecule has 1 fully saturated rings. The fraction of sp³-hybridized carbons (Fsp3) is 0.312. The van der Waals surface area contributed by atoms with Crippen LogP contribution in [0.4, 0.5) is 9.80 Å². The van der Waals surface area contributed by atoms with Gasteiger partial charge < -0.3 is 4.90 Å². The summed E-state index contributed by atoms with van der Waals surface area (Å²) in [7, 11) is 0. The number of pyridine rings is 1. The van der Waals surface area contributed by atoms with Gasteiger partial charge in [0.05, 0.1) is 5.56 Å². The largest absolute Gasteiger partial charge is 0.323 e. The highest BCUT2D eigenvalue weighted by molar-refractivity contribution is 7.16. The molecule has 1 N–H and O–H groups in total. The molecule has 0 aliphatic heterocycles. The molecule has 0 saturated heterocycles. The summed E-state index contributed by atoms with van der Waals surface area (Å²) in [6.45, 7) is 2.49. The Kier molecular flexibility index (Phi) is 4.07. The van der Waals surface area contributed by atoms with E-state index in [0.717, 1.165) is 23.3 Å². The molecule has 0 bridgehead atoms. The Balaban J connectivity index is 1.74. The zero-order chi connectivity index (χ0) is 15.5. The Labute approximate surface area is 133 Å². The van der Waals surface area contributed by atoms with Crippen LogP contribution in [-0.2, 0) is 6.54 Å². The van der Waals surface area contributed by atoms with Gasteiger partial charge in [0.15, 0.2) is 0 Å². The number of thiophene rings is 1. The average molecular weight is 312 g/mol. The fourth-order valence-electron chi connectivity index (χ4n) is 2.30. The van der Waals surface area contributed by atoms with Crippen molar-refractivity contribution in [2.75, 3.05) is 5.32 Å². The molecule has 1 aliphatic rings. The Morgan fingerprint density at radius 3 is 2.86 bits per heavy atom. The van der Waals surface area contributed by atoms with Gasteiger partial charge in [0, 0.05) is 29.9 Å². The van der Waals surface area contributed by atoms with Crippen LogP contribution in [0.15, 0.2) is 30.6 Å². The Bertz CT molecular complexity index is 715. The minimum absolute atomic E-state index is 0.141. The summed E-state index contributed by atoms with van der Waals surface area (Å²) in [4.78, 5) is 19.4. The second-order valence-corrected chi connectivity index (χ2v) is 6.61. The van der Waals surface area contributed by atoms with Crippen molar-refractivity contribution in [1.29, 1.82) is 5.26 Å². The maximum Gasteiger partial charge on any atom is 0.323 e. The normalized spacial score (nSPS) is 13.5. The number of hydrogen-bond donors (Lipinski definition) is 1. The number of anilines is 1. The maximum atomic E-state index is 12.6. The third kappa shape index (κ3) is 3.26. The zero-order valence-electron chi connectivity index (χ0n) is 12.2. The van der Waals surface area contributed by atoms with Crippen molar-refractivity contribution >= 4 is 22.4 Å². The highest BCUT2D eigenvalue weighted by Gasteiger charge is 2.33. The lowest BCUT2D eigenvalue weighted by molar-refractivity contribution is 0.206. The lowest BCUT2D eigenvalue weighted by atomic mass is 10.2. The second kappa shape index (κ2) is 6.16. The summed E-state index contributed by atoms with van der Waals surface area (Å²) in [6, 6.07) is 7.90. The van der Waals surface area contributed by atoms with Crippen LogP contribution in [0, 0.1) is 18.3 Å². The summed E-state index contributed by atoms with van der Waals surface area (Å²) >= 11 is 1.43. The molecule has 0 atom stereocenters. The van der Waals surface area contributed by atoms with Crippen molar-refractivity contribution < 1.29 is 4.79 Å². The van der Waals surface area contributed by atoms with Crippen LogP contribution < -0.4 is 5.32 Å². The van der Waals surface area contributed by atoms with Crippen molar-refractivity contribution in [2.24, 2.45) is 0 Å². The van der Waals surface area contributed by atoms with Crippen molar-refractivity contribution in [3.05, 3.63) is 46.6 Å². The van der Waals surface area contributed by atoms with Gasteiger partial charge in [-0.25, -0.2) is 4.79 Å². The second-order valence-electron chi connectivity index (χ2n) is 5.36. The standard InChI is InChI=1S/C16H16N4OS/c1-11-8-13(9-17)15(22-11)19-16(21)20(14-2-3-14)10-12-4-6-18-7-5-12/h4-8,14H,2-3,10H2,1H3,(H,19,21). The summed E-state index contributed by atoms with van der Waals surface area (Å²) in [5, 5.41) is 12.6. The van der Waals surface area contributed by atoms with Crippen molar-refractivity contribution in [3.8, 4) is 6.07 Å². The zero-order valence-corrected chi connectivity index (χ0v) is 13.1. The number of carbonyl (C=O) groups is 1. The van der Waals surface area contributed by atoms with E-state index in [4.69, 9.17) is 5.26 Å². The highest BCUT2D eigenvalue weighted by atomic mass is 32.1. The van der Waals surface area contributed by atoms with Crippen LogP contribution in [0.2, 0.25) is 0 Å². The number of carbonyl (C=O) groups excluding carboxylic acids is 1. The number of nitrogens with one attached hydrogen (secondary N) is 1. The Morgan fingerprint density at radius 1 is 1.50 bits per heavy atom. The number of urea groups is 1. The molecule has 112 valence electrons. The van der Waals surface area contributed by atoms with Crippen molar-refractivity contribution in [1.82, 2.24) is 9.88 Å². The van der Waals surface area contributed by atoms with E-state index < -0.39 is 0 Å². The summed E-state index contributed by atoms with van der Waals surface area (Å²) in [6.07, 6.45) is 5.53. The van der Waals surface area contributed by atoms with Gasteiger partial charge in [0.2, 0.25) is 0 Å². The van der Waals surface area contributed by atoms with E-state index >= 15 is 0 Å². The van der Waals surface area contributed by atoms with E-state index in [1.165, 1.54) is 11.3 Å². The number of aryl methyl sites for hydroxylation is 1. The van der Waals surface area contributed by atoms with Crippen LogP contribution in [0.5, 0.6) is 0 Å². The molecular formula is C16H16N4OS. The molecule has 3 rings (SSSR count). The molecule has 5 nitrogen and oxygen atoms in total. The monoisotopic (exact) mass is 312 g/mol. The van der Waals surface area contributed by atoms with Crippen molar-refractivity contribution in [3.63, 3.8) is 0 Å². The predicted octanol–water partition coefficient (Wildman–Crippen LogP) is 3.52. The topological polar surface area (TPSA) is 69.0 Å². The molecule has 0 radical (unpaired) electrons. The smallest absolute Gasteiger partial charge is 0.317 e. The highest BCUT2D eigenvalue weighted by Crippen LogP contribution is 2.31. The predicted molar refractivity (Wildman–Crippen MR) is 85.6 cm³/mol. The van der Waals surface area contributed by atoms with Crippen LogP contribution in [0.25, 0.3) is 0 Å². The van der Waals surface area contributed by atoms with Crippen LogP contribution >= 0.6 is 11.3 Å². The van der Waals surface area contributed by atoms with E-state index in [9.17, 15) is 4.79 Å². The number of nitriles is 1. The fourth-order valence-corrected chi connectivity index (χ4v) is 3.15. The molecule has 2 amide bonds. The van der Waals surface area contributed by atoms with Gasteiger partial charge in [-0.15, -0.1) is 11.3 Å². The molecule has 2 aromatic heterocycles. The third-order valence-electron chi connectivity index (χ3n) is 3.55. The van der Waals surface area contributed by atoms with E-state index in [0.29, 0.717) is 23.2 Å². The van der Waals surface area contributed by atoms with E-state index in [1.54, 1.807) is 18.5 Å². The molecule has 2 aromatic rings. The van der Waals surface area contributed by atoms with Crippen LogP contribution in [-0.4, -0.2) is 22.0 Å². The molecule has 2 heterocycles. The van der Waals surface area contributed by atoms with E-state index in [1.807, 2.05) is 24.0 Å². The summed E-state index contributed by atoms with van der Waals surface area (Å²) in [5.74, 6) is 0. The maximum absolute atomic E-state index is 12.6.